The van der Waals surface area contributed by atoms with E-state index in [-0.39, 0.29) is 24.8 Å². The molecule has 0 saturated carbocycles. The molecular weight excluding hydrogens is 446 g/mol. The van der Waals surface area contributed by atoms with Crippen molar-refractivity contribution in [2.75, 3.05) is 11.9 Å². The van der Waals surface area contributed by atoms with Crippen LogP contribution in [-0.4, -0.2) is 23.3 Å². The molecule has 0 aliphatic rings. The first-order valence-electron chi connectivity index (χ1n) is 8.29. The number of thiophene rings is 1. The van der Waals surface area contributed by atoms with Gasteiger partial charge in [-0.25, -0.2) is 4.98 Å². The maximum Gasteiger partial charge on any atom is 0.263 e. The fourth-order valence-electron chi connectivity index (χ4n) is 2.42. The molecule has 0 spiro atoms. The second-order valence-electron chi connectivity index (χ2n) is 5.92. The largest absolute Gasteiger partial charge is 0.351 e. The van der Waals surface area contributed by atoms with Crippen molar-refractivity contribution in [2.45, 2.75) is 20.3 Å². The number of halogens is 1. The molecule has 1 aromatic carbocycles. The summed E-state index contributed by atoms with van der Waals surface area (Å²) < 4.78 is 0.902. The van der Waals surface area contributed by atoms with E-state index in [4.69, 9.17) is 0 Å². The maximum absolute atomic E-state index is 12.4. The van der Waals surface area contributed by atoms with Crippen molar-refractivity contribution in [3.05, 3.63) is 56.3 Å². The molecule has 3 rings (SSSR count). The van der Waals surface area contributed by atoms with Crippen LogP contribution in [0.1, 0.15) is 27.3 Å². The lowest BCUT2D eigenvalue weighted by atomic mass is 10.2. The number of thiazole rings is 1. The summed E-state index contributed by atoms with van der Waals surface area (Å²) in [7, 11) is 0. The smallest absolute Gasteiger partial charge is 0.263 e. The number of anilines is 1. The molecule has 0 unspecified atom stereocenters. The summed E-state index contributed by atoms with van der Waals surface area (Å²) in [5.41, 5.74) is 2.45. The Kier molecular flexibility index (Phi) is 6.41. The number of nitrogens with zero attached hydrogens (tertiary/aromatic N) is 1. The van der Waals surface area contributed by atoms with Crippen LogP contribution in [0.3, 0.4) is 0 Å². The van der Waals surface area contributed by atoms with Gasteiger partial charge in [-0.15, -0.1) is 22.7 Å². The summed E-state index contributed by atoms with van der Waals surface area (Å²) in [6, 6.07) is 9.66. The number of aromatic nitrogens is 1. The van der Waals surface area contributed by atoms with Gasteiger partial charge in [0.25, 0.3) is 5.91 Å². The number of amides is 2. The van der Waals surface area contributed by atoms with Gasteiger partial charge in [-0.05, 0) is 43.0 Å². The number of hydrogen-bond acceptors (Lipinski definition) is 5. The second kappa shape index (κ2) is 8.77. The first-order chi connectivity index (χ1) is 12.9. The van der Waals surface area contributed by atoms with E-state index >= 15 is 0 Å². The van der Waals surface area contributed by atoms with Crippen molar-refractivity contribution < 1.29 is 9.59 Å². The zero-order valence-corrected chi connectivity index (χ0v) is 18.1. The van der Waals surface area contributed by atoms with Gasteiger partial charge in [0.2, 0.25) is 5.91 Å². The van der Waals surface area contributed by atoms with Gasteiger partial charge >= 0.3 is 0 Å². The molecule has 3 aromatic rings. The molecule has 0 saturated heterocycles. The zero-order valence-electron chi connectivity index (χ0n) is 14.8. The molecule has 8 heteroatoms. The van der Waals surface area contributed by atoms with Crippen LogP contribution in [-0.2, 0) is 4.79 Å². The van der Waals surface area contributed by atoms with Crippen LogP contribution in [0.5, 0.6) is 0 Å². The third-order valence-corrected chi connectivity index (χ3v) is 6.53. The maximum atomic E-state index is 12.4. The van der Waals surface area contributed by atoms with Crippen LogP contribution in [0.25, 0.3) is 9.88 Å². The summed E-state index contributed by atoms with van der Waals surface area (Å²) in [6.07, 6.45) is 0.202. The predicted octanol–water partition coefficient (Wildman–Crippen LogP) is 5.01. The van der Waals surface area contributed by atoms with Gasteiger partial charge in [-0.1, -0.05) is 28.1 Å². The molecule has 27 heavy (non-hydrogen) atoms. The number of hydrogen-bond donors (Lipinski definition) is 2. The van der Waals surface area contributed by atoms with Crippen molar-refractivity contribution >= 4 is 56.1 Å². The predicted molar refractivity (Wildman–Crippen MR) is 115 cm³/mol. The Morgan fingerprint density at radius 3 is 2.78 bits per heavy atom. The fraction of sp³-hybridized carbons (Fsp3) is 0.211. The normalized spacial score (nSPS) is 10.6. The molecule has 0 bridgehead atoms. The van der Waals surface area contributed by atoms with Gasteiger partial charge in [0, 0.05) is 23.1 Å². The Morgan fingerprint density at radius 1 is 1.22 bits per heavy atom. The minimum absolute atomic E-state index is 0.142. The molecule has 2 amide bonds. The molecule has 0 aliphatic carbocycles. The zero-order chi connectivity index (χ0) is 19.4. The van der Waals surface area contributed by atoms with Gasteiger partial charge < -0.3 is 10.6 Å². The molecule has 140 valence electrons. The molecule has 0 aliphatic heterocycles. The van der Waals surface area contributed by atoms with E-state index in [0.29, 0.717) is 10.6 Å². The third-order valence-electron chi connectivity index (χ3n) is 3.85. The lowest BCUT2D eigenvalue weighted by molar-refractivity contribution is -0.116. The molecule has 5 nitrogen and oxygen atoms in total. The van der Waals surface area contributed by atoms with Crippen molar-refractivity contribution in [3.8, 4) is 9.88 Å². The van der Waals surface area contributed by atoms with Crippen molar-refractivity contribution in [2.24, 2.45) is 0 Å². The molecule has 2 N–H and O–H groups in total. The van der Waals surface area contributed by atoms with Crippen LogP contribution in [0, 0.1) is 13.8 Å². The number of rotatable bonds is 6. The summed E-state index contributed by atoms with van der Waals surface area (Å²) in [4.78, 5) is 30.7. The molecule has 2 aromatic heterocycles. The molecule has 0 radical (unpaired) electrons. The van der Waals surface area contributed by atoms with Crippen LogP contribution in [0.4, 0.5) is 5.69 Å². The van der Waals surface area contributed by atoms with E-state index in [0.717, 1.165) is 25.6 Å². The Bertz CT molecular complexity index is 968. The summed E-state index contributed by atoms with van der Waals surface area (Å²) in [5.74, 6) is -0.337. The molecular formula is C19H18BrN3O2S2. The number of benzene rings is 1. The summed E-state index contributed by atoms with van der Waals surface area (Å²) in [5, 5.41) is 8.50. The highest BCUT2D eigenvalue weighted by molar-refractivity contribution is 9.10. The van der Waals surface area contributed by atoms with Crippen molar-refractivity contribution in [1.29, 1.82) is 0 Å². The highest BCUT2D eigenvalue weighted by Gasteiger charge is 2.16. The molecule has 0 atom stereocenters. The van der Waals surface area contributed by atoms with Crippen LogP contribution < -0.4 is 10.6 Å². The lowest BCUT2D eigenvalue weighted by Crippen LogP contribution is -2.27. The van der Waals surface area contributed by atoms with E-state index < -0.39 is 0 Å². The Balaban J connectivity index is 1.54. The average Bonchev–Trinajstić information content (AvgIpc) is 3.27. The Morgan fingerprint density at radius 2 is 2.04 bits per heavy atom. The van der Waals surface area contributed by atoms with Gasteiger partial charge in [0.15, 0.2) is 0 Å². The summed E-state index contributed by atoms with van der Waals surface area (Å²) in [6.45, 7) is 4.02. The highest BCUT2D eigenvalue weighted by atomic mass is 79.9. The highest BCUT2D eigenvalue weighted by Crippen LogP contribution is 2.31. The van der Waals surface area contributed by atoms with Crippen molar-refractivity contribution in [1.82, 2.24) is 10.3 Å². The molecule has 0 fully saturated rings. The number of aryl methyl sites for hydroxylation is 2. The van der Waals surface area contributed by atoms with Gasteiger partial charge in [-0.3, -0.25) is 9.59 Å². The number of nitrogens with one attached hydrogen (secondary N) is 2. The van der Waals surface area contributed by atoms with Crippen molar-refractivity contribution in [3.63, 3.8) is 0 Å². The topological polar surface area (TPSA) is 71.1 Å². The molecule has 2 heterocycles. The number of carbonyl (C=O) groups is 2. The van der Waals surface area contributed by atoms with Gasteiger partial charge in [0.1, 0.15) is 9.88 Å². The van der Waals surface area contributed by atoms with E-state index in [1.165, 1.54) is 11.3 Å². The lowest BCUT2D eigenvalue weighted by Gasteiger charge is -2.09. The van der Waals surface area contributed by atoms with Gasteiger partial charge in [-0.2, -0.15) is 0 Å². The Labute approximate surface area is 174 Å². The third kappa shape index (κ3) is 5.03. The minimum Gasteiger partial charge on any atom is -0.351 e. The van der Waals surface area contributed by atoms with E-state index in [1.54, 1.807) is 11.3 Å². The average molecular weight is 464 g/mol. The monoisotopic (exact) mass is 463 g/mol. The standard InChI is InChI=1S/C19H18BrN3O2S2/c1-11-5-6-13(20)10-14(11)23-16(24)7-8-21-18(25)17-12(2)22-19(27-17)15-4-3-9-26-15/h3-6,9-10H,7-8H2,1-2H3,(H,21,25)(H,23,24). The van der Waals surface area contributed by atoms with E-state index in [2.05, 4.69) is 31.5 Å². The first-order valence-corrected chi connectivity index (χ1v) is 10.8. The van der Waals surface area contributed by atoms with Crippen LogP contribution in [0.2, 0.25) is 0 Å². The van der Waals surface area contributed by atoms with Gasteiger partial charge in [0.05, 0.1) is 10.6 Å². The van der Waals surface area contributed by atoms with Crippen LogP contribution >= 0.6 is 38.6 Å². The Hall–Kier alpha value is -2.03. The van der Waals surface area contributed by atoms with E-state index in [1.807, 2.05) is 49.6 Å². The fourth-order valence-corrected chi connectivity index (χ4v) is 4.56. The number of carbonyl (C=O) groups excluding carboxylic acids is 2. The second-order valence-corrected chi connectivity index (χ2v) is 8.79. The quantitative estimate of drug-likeness (QED) is 0.539. The van der Waals surface area contributed by atoms with E-state index in [9.17, 15) is 9.59 Å². The SMILES string of the molecule is Cc1ccc(Br)cc1NC(=O)CCNC(=O)c1sc(-c2cccs2)nc1C. The minimum atomic E-state index is -0.195. The summed E-state index contributed by atoms with van der Waals surface area (Å²) >= 11 is 6.36. The van der Waals surface area contributed by atoms with Crippen LogP contribution in [0.15, 0.2) is 40.2 Å². The first kappa shape index (κ1) is 19.7.